The van der Waals surface area contributed by atoms with Crippen molar-refractivity contribution in [3.63, 3.8) is 0 Å². The van der Waals surface area contributed by atoms with E-state index in [4.69, 9.17) is 13.7 Å². The molecule has 0 heterocycles. The molecule has 0 aromatic carbocycles. The molecule has 0 aromatic rings. The maximum absolute atomic E-state index is 8.73. The smallest absolute Gasteiger partial charge is 0.870 e. The largest absolute Gasteiger partial charge is 1.00 e. The molecule has 0 aliphatic carbocycles. The summed E-state index contributed by atoms with van der Waals surface area (Å²) in [6.45, 7) is 0. The van der Waals surface area contributed by atoms with Crippen LogP contribution >= 0.6 is 0 Å². The van der Waals surface area contributed by atoms with Gasteiger partial charge in [0.05, 0.1) is 0 Å². The Morgan fingerprint density at radius 3 is 1.14 bits per heavy atom. The van der Waals surface area contributed by atoms with E-state index < -0.39 is 20.1 Å². The average Bonchev–Trinajstić information content (AvgIpc) is 0.722. The van der Waals surface area contributed by atoms with Crippen molar-refractivity contribution in [2.75, 3.05) is 0 Å². The molecule has 0 radical (unpaired) electrons. The fourth-order valence-electron chi connectivity index (χ4n) is 0. The molecule has 0 aliphatic rings. The fraction of sp³-hybridized carbons (Fsp3) is 0. The molecule has 0 atom stereocenters. The van der Waals surface area contributed by atoms with Crippen molar-refractivity contribution in [3.05, 3.63) is 0 Å². The number of rotatable bonds is 0. The van der Waals surface area contributed by atoms with Gasteiger partial charge in [-0.2, -0.15) is 0 Å². The van der Waals surface area contributed by atoms with E-state index in [2.05, 4.69) is 0 Å². The summed E-state index contributed by atoms with van der Waals surface area (Å²) >= 11 is -5.69. The van der Waals surface area contributed by atoms with E-state index in [9.17, 15) is 0 Å². The molecule has 0 aromatic heterocycles. The zero-order valence-electron chi connectivity index (χ0n) is 3.50. The van der Waals surface area contributed by atoms with Gasteiger partial charge in [-0.15, -0.1) is 0 Å². The van der Waals surface area contributed by atoms with Crippen LogP contribution in [0.4, 0.5) is 0 Å². The van der Waals surface area contributed by atoms with Crippen molar-refractivity contribution >= 4 is 0 Å². The van der Waals surface area contributed by atoms with Crippen LogP contribution < -0.4 is 81.8 Å². The van der Waals surface area contributed by atoms with Gasteiger partial charge in [-0.25, -0.2) is 0 Å². The fourth-order valence-corrected chi connectivity index (χ4v) is 0. The summed E-state index contributed by atoms with van der Waals surface area (Å²) in [5, 5.41) is 0. The Bertz CT molecular complexity index is 23.6. The van der Waals surface area contributed by atoms with Crippen LogP contribution in [0.5, 0.6) is 0 Å². The van der Waals surface area contributed by atoms with E-state index in [1.54, 1.807) is 0 Å². The topological polar surface area (TPSA) is 119 Å². The van der Waals surface area contributed by atoms with E-state index in [0.717, 1.165) is 0 Å². The second-order valence-corrected chi connectivity index (χ2v) is 2.66. The second kappa shape index (κ2) is 6.29. The first-order valence-corrected chi connectivity index (χ1v) is 4.24. The van der Waals surface area contributed by atoms with E-state index in [0.29, 0.717) is 0 Å². The van der Waals surface area contributed by atoms with Gasteiger partial charge in [0.25, 0.3) is 0 Å². The quantitative estimate of drug-likeness (QED) is 0.337. The van der Waals surface area contributed by atoms with Gasteiger partial charge < -0.3 is 5.48 Å². The van der Waals surface area contributed by atoms with Crippen LogP contribution in [-0.4, -0.2) is 8.91 Å². The van der Waals surface area contributed by atoms with Gasteiger partial charge in [0, 0.05) is 3.44 Å². The average molecular weight is 248 g/mol. The van der Waals surface area contributed by atoms with Crippen LogP contribution in [0.25, 0.3) is 0 Å². The summed E-state index contributed by atoms with van der Waals surface area (Å²) in [4.78, 5) is 0. The summed E-state index contributed by atoms with van der Waals surface area (Å²) in [6.07, 6.45) is 0. The first kappa shape index (κ1) is 16.1. The van der Waals surface area contributed by atoms with Gasteiger partial charge in [-0.05, 0) is 0 Å². The third-order valence-corrected chi connectivity index (χ3v) is 0. The van der Waals surface area contributed by atoms with Crippen molar-refractivity contribution in [3.8, 4) is 0 Å². The molecule has 0 fully saturated rings. The molecule has 7 heavy (non-hydrogen) atoms. The third kappa shape index (κ3) is 66.2. The Labute approximate surface area is 88.8 Å². The zero-order valence-corrected chi connectivity index (χ0v) is 8.78. The number of hydrogen-bond acceptors (Lipinski definition) is 5. The van der Waals surface area contributed by atoms with Crippen molar-refractivity contribution in [1.82, 2.24) is 0 Å². The standard InChI is InChI=1S/HIO4.K.H2O/c2-1(3,4)5;;/h2H;;1H2/q;+1;/p-1. The molecule has 0 amide bonds. The van der Waals surface area contributed by atoms with Crippen LogP contribution in [0.1, 0.15) is 0 Å². The second-order valence-electron chi connectivity index (χ2n) is 0.396. The van der Waals surface area contributed by atoms with Gasteiger partial charge >= 0.3 is 71.5 Å². The van der Waals surface area contributed by atoms with E-state index in [1.165, 1.54) is 0 Å². The molecule has 0 saturated heterocycles. The van der Waals surface area contributed by atoms with Crippen molar-refractivity contribution in [1.29, 1.82) is 0 Å². The normalized spacial score (nSPS) is 8.57. The van der Waals surface area contributed by atoms with E-state index in [1.807, 2.05) is 0 Å². The number of hydrogen-bond donors (Lipinski definition) is 1. The number of halogens is 1. The minimum absolute atomic E-state index is 0. The Morgan fingerprint density at radius 1 is 1.14 bits per heavy atom. The maximum Gasteiger partial charge on any atom is 1.00 e. The van der Waals surface area contributed by atoms with Gasteiger partial charge in [0.15, 0.2) is 0 Å². The molecule has 5 nitrogen and oxygen atoms in total. The monoisotopic (exact) mass is 248 g/mol. The Morgan fingerprint density at radius 2 is 1.14 bits per heavy atom. The molecule has 40 valence electrons. The van der Waals surface area contributed by atoms with Gasteiger partial charge in [-0.3, -0.25) is 10.3 Å². The molecule has 0 aliphatic heterocycles. The van der Waals surface area contributed by atoms with Crippen molar-refractivity contribution < 1.29 is 90.7 Å². The van der Waals surface area contributed by atoms with Crippen LogP contribution in [0.2, 0.25) is 0 Å². The first-order chi connectivity index (χ1) is 2.00. The molecule has 0 saturated carbocycles. The zero-order chi connectivity index (χ0) is 4.50. The molecule has 0 unspecified atom stereocenters. The van der Waals surface area contributed by atoms with Crippen molar-refractivity contribution in [2.45, 2.75) is 0 Å². The summed E-state index contributed by atoms with van der Waals surface area (Å²) < 4.78 is 33.2. The molecular formula is H2IKO5. The summed E-state index contributed by atoms with van der Waals surface area (Å²) in [7, 11) is 0. The first-order valence-electron chi connectivity index (χ1n) is 0.632. The Balaban J connectivity index is -0.0000000800. The SMILES string of the molecule is [K+].[O-][I+3]([O-])([O-])O.[OH-]. The van der Waals surface area contributed by atoms with Gasteiger partial charge in [0.1, 0.15) is 0 Å². The third-order valence-electron chi connectivity index (χ3n) is 0. The van der Waals surface area contributed by atoms with E-state index >= 15 is 0 Å². The summed E-state index contributed by atoms with van der Waals surface area (Å²) in [6, 6.07) is 0. The molecule has 0 bridgehead atoms. The van der Waals surface area contributed by atoms with Crippen LogP contribution in [0.3, 0.4) is 0 Å². The Hall–Kier alpha value is 2.17. The van der Waals surface area contributed by atoms with E-state index in [-0.39, 0.29) is 56.9 Å². The predicted molar refractivity (Wildman–Crippen MR) is 4.15 cm³/mol. The van der Waals surface area contributed by atoms with Crippen LogP contribution in [-0.2, 0) is 0 Å². The molecular weight excluding hydrogens is 246 g/mol. The van der Waals surface area contributed by atoms with Crippen LogP contribution in [0, 0.1) is 0 Å². The minimum atomic E-state index is -5.69. The van der Waals surface area contributed by atoms with Crippen LogP contribution in [0.15, 0.2) is 0 Å². The van der Waals surface area contributed by atoms with Crippen molar-refractivity contribution in [2.24, 2.45) is 0 Å². The summed E-state index contributed by atoms with van der Waals surface area (Å²) in [5.74, 6) is 0. The minimum Gasteiger partial charge on any atom is -0.870 e. The molecule has 0 spiro atoms. The molecule has 7 heteroatoms. The summed E-state index contributed by atoms with van der Waals surface area (Å²) in [5.41, 5.74) is 0. The molecule has 2 N–H and O–H groups in total. The van der Waals surface area contributed by atoms with Gasteiger partial charge in [-0.1, -0.05) is 0 Å². The predicted octanol–water partition coefficient (Wildman–Crippen LogP) is -10.3. The molecule has 0 rings (SSSR count). The Kier molecular flexibility index (Phi) is 14.4. The van der Waals surface area contributed by atoms with Gasteiger partial charge in [0.2, 0.25) is 0 Å². The maximum atomic E-state index is 8.73.